The van der Waals surface area contributed by atoms with Gasteiger partial charge in [-0.1, -0.05) is 66.4 Å². The first-order valence-electron chi connectivity index (χ1n) is 31.0. The number of amides is 7. The molecule has 0 aromatic heterocycles. The van der Waals surface area contributed by atoms with Crippen molar-refractivity contribution in [3.8, 4) is 0 Å². The summed E-state index contributed by atoms with van der Waals surface area (Å²) < 4.78 is 30.8. The molecule has 0 saturated carbocycles. The van der Waals surface area contributed by atoms with E-state index in [0.29, 0.717) is 39.6 Å². The summed E-state index contributed by atoms with van der Waals surface area (Å²) in [4.78, 5) is 106. The number of nitrogens with two attached hydrogens (primary N) is 6. The minimum atomic E-state index is -5.05. The van der Waals surface area contributed by atoms with Gasteiger partial charge >= 0.3 is 7.82 Å². The summed E-state index contributed by atoms with van der Waals surface area (Å²) in [6.07, 6.45) is -5.27. The predicted molar refractivity (Wildman–Crippen MR) is 335 cm³/mol. The fraction of sp³-hybridized carbons (Fsp3) is 0.694. The predicted octanol–water partition coefficient (Wildman–Crippen LogP) is 5.11. The monoisotopic (exact) mass is 1330 g/mol. The van der Waals surface area contributed by atoms with Crippen LogP contribution < -0.4 is 44.6 Å². The SMILES string of the molecule is C/C1=C2/[N-][C@H]([C@H](CC(N)=O)[C@@]2(C)CCC(=O)NC[C@@H](C)OP(=O)(O)O[C@H]2[C@@H](O)[C@@H](N3C[N-]c4cc(C)c(C)cc43)O[C@@H]2CO)[C@]2(C)[N-]C(/C(C)=C3\[N-]C(/C=C4\[N-]C1[C@@H](CCC(N)=O)C4(C)C)[C@@H](CCC(N)=O)[C@]3(C)CC(N)=O)[C@@H](CCC(N)=O)[C@]2(C)CC(N)=O.[Co]. The zero-order valence-electron chi connectivity index (χ0n) is 53.9. The number of carbonyl (C=O) groups excluding carboxylic acids is 7. The van der Waals surface area contributed by atoms with Gasteiger partial charge in [-0.2, -0.15) is 17.1 Å². The quantitative estimate of drug-likeness (QED) is 0.0539. The van der Waals surface area contributed by atoms with Gasteiger partial charge in [-0.15, -0.1) is 40.5 Å². The van der Waals surface area contributed by atoms with E-state index in [9.17, 15) is 53.2 Å². The third-order valence-electron chi connectivity index (χ3n) is 21.3. The number of benzene rings is 1. The first-order valence-corrected chi connectivity index (χ1v) is 32.5. The number of carbonyl (C=O) groups is 7. The molecule has 7 amide bonds. The third kappa shape index (κ3) is 14.0. The van der Waals surface area contributed by atoms with Crippen LogP contribution in [0.1, 0.15) is 144 Å². The minimum Gasteiger partial charge on any atom is -0.685 e. The Bertz CT molecular complexity index is 3190. The van der Waals surface area contributed by atoms with E-state index in [-0.39, 0.29) is 101 Å². The Labute approximate surface area is 543 Å². The standard InChI is InChI=1S/C62H93N13O14P.Co/c1-29-20-39-40(21-30(29)2)75(28-70-39)57-52(84)53(41(27-76)87-57)89-90(85,86)88-31(3)26-69-49(83)18-19-59(8)37(22-46(66)80)56-62(11)61(10,25-48(68)82)36(14-17-45(65)79)51(74-62)33(5)55-60(9,24-47(67)81)34(12-15-43(63)77)38(71-55)23-42-58(6,7)35(13-16-44(64)78)50(72-42)32(4)54(59)73-56;/h20-21,23,31,34-38,41,50-53,56-57,76,84H,12-19,22,24-28H2,1-11H3,(H2,63,77)(H2,64,78)(H2,65,79)(H2,66,80)(H2,67,81)(H2,68,82)(H,69,83)(H,85,86);/q-5;/b42-23-,54-32-,55-33-;/t31-,34-,35-,36-,37+,38?,41-,50?,51?,52-,53-,56-,57+,59-,60+,61+,62+;/m1./s1. The number of hydrogen-bond acceptors (Lipinski definition) is 14. The molecule has 0 spiro atoms. The number of primary amides is 6. The van der Waals surface area contributed by atoms with Crippen LogP contribution in [0.4, 0.5) is 11.4 Å². The Morgan fingerprint density at radius 1 is 0.747 bits per heavy atom. The second-order valence-electron chi connectivity index (χ2n) is 27.7. The van der Waals surface area contributed by atoms with E-state index in [1.54, 1.807) is 4.90 Å². The molecule has 16 N–H and O–H groups in total. The van der Waals surface area contributed by atoms with Crippen LogP contribution in [0.3, 0.4) is 0 Å². The summed E-state index contributed by atoms with van der Waals surface area (Å²) >= 11 is 0. The molecule has 1 aromatic rings. The van der Waals surface area contributed by atoms with Crippen molar-refractivity contribution in [1.29, 1.82) is 0 Å². The molecule has 7 heterocycles. The number of phosphoric ester groups is 1. The van der Waals surface area contributed by atoms with Crippen molar-refractivity contribution in [1.82, 2.24) is 5.32 Å². The molecule has 1 aromatic carbocycles. The molecule has 5 fully saturated rings. The van der Waals surface area contributed by atoms with Gasteiger partial charge in [-0.3, -0.25) is 42.6 Å². The number of anilines is 1. The normalized spacial score (nSPS) is 36.8. The Hall–Kier alpha value is -5.81. The maximum Gasteiger partial charge on any atom is 0.472 e. The number of phosphoric acid groups is 1. The van der Waals surface area contributed by atoms with Crippen molar-refractivity contribution >= 4 is 60.5 Å². The maximum atomic E-state index is 14.4. The number of rotatable bonds is 26. The van der Waals surface area contributed by atoms with Crippen LogP contribution in [0.15, 0.2) is 46.4 Å². The zero-order chi connectivity index (χ0) is 66.7. The number of nitrogens with one attached hydrogen (secondary N) is 1. The van der Waals surface area contributed by atoms with Crippen LogP contribution in [0, 0.1) is 59.2 Å². The van der Waals surface area contributed by atoms with E-state index in [1.165, 1.54) is 6.92 Å². The molecule has 5 saturated heterocycles. The molecule has 18 atom stereocenters. The van der Waals surface area contributed by atoms with Gasteiger partial charge in [0.2, 0.25) is 41.4 Å². The summed E-state index contributed by atoms with van der Waals surface area (Å²) in [5.74, 6) is -6.85. The van der Waals surface area contributed by atoms with Crippen molar-refractivity contribution in [3.63, 3.8) is 0 Å². The number of allylic oxidation sites excluding steroid dienone is 3. The Morgan fingerprint density at radius 3 is 1.90 bits per heavy atom. The van der Waals surface area contributed by atoms with Gasteiger partial charge in [-0.25, -0.2) is 4.57 Å². The molecular weight excluding hydrogens is 1240 g/mol. The average Bonchev–Trinajstić information content (AvgIpc) is 1.53. The van der Waals surface area contributed by atoms with E-state index in [2.05, 4.69) is 10.6 Å². The number of aliphatic hydroxyl groups is 2. The van der Waals surface area contributed by atoms with Gasteiger partial charge in [-0.05, 0) is 123 Å². The van der Waals surface area contributed by atoms with Crippen molar-refractivity contribution in [2.45, 2.75) is 207 Å². The minimum absolute atomic E-state index is 0. The topological polar surface area (TPSA) is 467 Å². The number of fused-ring (bicyclic) bond motifs is 10. The van der Waals surface area contributed by atoms with Crippen LogP contribution in [-0.2, 0) is 68.7 Å². The van der Waals surface area contributed by atoms with Crippen LogP contribution in [-0.4, -0.2) is 137 Å². The number of aryl methyl sites for hydroxylation is 2. The van der Waals surface area contributed by atoms with Crippen molar-refractivity contribution in [2.75, 3.05) is 24.7 Å². The van der Waals surface area contributed by atoms with Crippen molar-refractivity contribution in [3.05, 3.63) is 84.2 Å². The average molecular weight is 1330 g/mol. The molecule has 29 heteroatoms. The van der Waals surface area contributed by atoms with E-state index in [4.69, 9.17) is 69.5 Å². The number of ether oxygens (including phenoxy) is 1. The second-order valence-corrected chi connectivity index (χ2v) is 29.0. The molecular formula is C62H93CoN13O14P-5. The molecule has 4 unspecified atom stereocenters. The largest absolute Gasteiger partial charge is 0.685 e. The number of aliphatic hydroxyl groups excluding tert-OH is 2. The van der Waals surface area contributed by atoms with Gasteiger partial charge < -0.3 is 91.0 Å². The summed E-state index contributed by atoms with van der Waals surface area (Å²) in [5.41, 5.74) is 36.4. The van der Waals surface area contributed by atoms with E-state index in [0.717, 1.165) is 11.1 Å². The number of hydrogen-bond donors (Lipinski definition) is 10. The summed E-state index contributed by atoms with van der Waals surface area (Å²) in [5, 5.41) is 51.5. The summed E-state index contributed by atoms with van der Waals surface area (Å²) in [7, 11) is -5.05. The molecule has 7 aliphatic rings. The van der Waals surface area contributed by atoms with Gasteiger partial charge in [0.1, 0.15) is 18.3 Å². The smallest absolute Gasteiger partial charge is 0.472 e. The molecule has 91 heavy (non-hydrogen) atoms. The Morgan fingerprint density at radius 2 is 1.32 bits per heavy atom. The molecule has 7 aliphatic heterocycles. The molecule has 27 nitrogen and oxygen atoms in total. The Kier molecular flexibility index (Phi) is 21.8. The molecule has 8 rings (SSSR count). The van der Waals surface area contributed by atoms with Crippen LogP contribution in [0.2, 0.25) is 0 Å². The molecule has 509 valence electrons. The van der Waals surface area contributed by atoms with E-state index in [1.807, 2.05) is 87.4 Å². The fourth-order valence-electron chi connectivity index (χ4n) is 16.3. The van der Waals surface area contributed by atoms with Gasteiger partial charge in [0, 0.05) is 74.0 Å². The van der Waals surface area contributed by atoms with E-state index >= 15 is 0 Å². The van der Waals surface area contributed by atoms with Crippen molar-refractivity contribution < 1.29 is 83.8 Å². The molecule has 0 aliphatic carbocycles. The maximum absolute atomic E-state index is 14.4. The van der Waals surface area contributed by atoms with Gasteiger partial charge in [0.15, 0.2) is 6.23 Å². The van der Waals surface area contributed by atoms with Gasteiger partial charge in [0.05, 0.1) is 12.7 Å². The van der Waals surface area contributed by atoms with Crippen molar-refractivity contribution in [2.24, 2.45) is 79.7 Å². The first kappa shape index (κ1) is 72.6. The zero-order valence-corrected chi connectivity index (χ0v) is 55.8. The molecule has 1 radical (unpaired) electrons. The Balaban J connectivity index is 0.0000118. The summed E-state index contributed by atoms with van der Waals surface area (Å²) in [6.45, 7) is 19.6. The summed E-state index contributed by atoms with van der Waals surface area (Å²) in [6, 6.07) is 0.485. The third-order valence-corrected chi connectivity index (χ3v) is 22.5. The second kappa shape index (κ2) is 27.3. The molecule has 8 bridgehead atoms. The fourth-order valence-corrected chi connectivity index (χ4v) is 17.4. The van der Waals surface area contributed by atoms with Gasteiger partial charge in [0.25, 0.3) is 0 Å². The first-order chi connectivity index (χ1) is 41.8. The van der Waals surface area contributed by atoms with Crippen LogP contribution in [0.25, 0.3) is 26.6 Å². The number of nitrogens with zero attached hydrogens (tertiary/aromatic N) is 6. The van der Waals surface area contributed by atoms with Crippen LogP contribution >= 0.6 is 7.82 Å². The van der Waals surface area contributed by atoms with Crippen LogP contribution in [0.5, 0.6) is 0 Å². The van der Waals surface area contributed by atoms with E-state index < -0.39 is 161 Å².